The lowest BCUT2D eigenvalue weighted by Crippen LogP contribution is -2.44. The number of imide groups is 1. The van der Waals surface area contributed by atoms with Gasteiger partial charge in [-0.05, 0) is 88.7 Å². The number of fused-ring (bicyclic) bond motifs is 1. The van der Waals surface area contributed by atoms with Crippen LogP contribution in [-0.2, 0) is 18.9 Å². The van der Waals surface area contributed by atoms with Crippen LogP contribution in [0.2, 0.25) is 0 Å². The molecule has 234 valence electrons. The summed E-state index contributed by atoms with van der Waals surface area (Å²) >= 11 is 0. The summed E-state index contributed by atoms with van der Waals surface area (Å²) in [6.07, 6.45) is -1.80. The van der Waals surface area contributed by atoms with Gasteiger partial charge in [-0.15, -0.1) is 0 Å². The van der Waals surface area contributed by atoms with Crippen molar-refractivity contribution in [2.45, 2.75) is 124 Å². The lowest BCUT2D eigenvalue weighted by atomic mass is 10.0. The predicted octanol–water partition coefficient (Wildman–Crippen LogP) is 6.57. The Hall–Kier alpha value is -3.12. The van der Waals surface area contributed by atoms with Gasteiger partial charge in [0.15, 0.2) is 23.2 Å². The molecule has 2 heterocycles. The van der Waals surface area contributed by atoms with E-state index in [2.05, 4.69) is 21.5 Å². The smallest absolute Gasteiger partial charge is 0.425 e. The number of halogens is 1. The van der Waals surface area contributed by atoms with E-state index >= 15 is 4.39 Å². The zero-order valence-corrected chi connectivity index (χ0v) is 26.9. The zero-order valence-electron chi connectivity index (χ0n) is 26.9. The van der Waals surface area contributed by atoms with Crippen molar-refractivity contribution in [1.82, 2.24) is 19.5 Å². The molecule has 11 nitrogen and oxygen atoms in total. The Bertz CT molecular complexity index is 1290. The van der Waals surface area contributed by atoms with Gasteiger partial charge >= 0.3 is 12.2 Å². The fourth-order valence-electron chi connectivity index (χ4n) is 4.53. The second kappa shape index (κ2) is 11.5. The fourth-order valence-corrected chi connectivity index (χ4v) is 4.53. The van der Waals surface area contributed by atoms with E-state index in [0.29, 0.717) is 10.5 Å². The molecule has 2 aromatic rings. The first-order chi connectivity index (χ1) is 19.0. The van der Waals surface area contributed by atoms with Crippen LogP contribution in [0, 0.1) is 5.92 Å². The summed E-state index contributed by atoms with van der Waals surface area (Å²) in [7, 11) is 0. The maximum atomic E-state index is 16.4. The number of anilines is 1. The minimum Gasteiger partial charge on any atom is -0.443 e. The number of amides is 2. The molecule has 1 unspecified atom stereocenters. The molecule has 0 radical (unpaired) electrons. The van der Waals surface area contributed by atoms with Crippen molar-refractivity contribution in [3.05, 3.63) is 24.8 Å². The van der Waals surface area contributed by atoms with Crippen LogP contribution in [0.1, 0.15) is 89.1 Å². The van der Waals surface area contributed by atoms with Crippen LogP contribution in [0.4, 0.5) is 19.8 Å². The Morgan fingerprint density at radius 1 is 0.881 bits per heavy atom. The molecule has 0 N–H and O–H groups in total. The normalized spacial score (nSPS) is 22.0. The summed E-state index contributed by atoms with van der Waals surface area (Å²) < 4.78 is 41.2. The van der Waals surface area contributed by atoms with Crippen molar-refractivity contribution in [3.63, 3.8) is 0 Å². The minimum atomic E-state index is -1.52. The number of carbonyl (C=O) groups excluding carboxylic acids is 2. The van der Waals surface area contributed by atoms with Gasteiger partial charge in [0.25, 0.3) is 0 Å². The highest BCUT2D eigenvalue weighted by Crippen LogP contribution is 2.46. The van der Waals surface area contributed by atoms with E-state index in [-0.39, 0.29) is 23.6 Å². The highest BCUT2D eigenvalue weighted by molar-refractivity contribution is 6.12. The van der Waals surface area contributed by atoms with Crippen molar-refractivity contribution >= 4 is 29.2 Å². The summed E-state index contributed by atoms with van der Waals surface area (Å²) in [5.41, 5.74) is -2.09. The monoisotopic (exact) mass is 591 g/mol. The van der Waals surface area contributed by atoms with Crippen molar-refractivity contribution in [3.8, 4) is 0 Å². The van der Waals surface area contributed by atoms with Gasteiger partial charge in [-0.1, -0.05) is 6.58 Å². The topological polar surface area (TPSA) is 118 Å². The van der Waals surface area contributed by atoms with Gasteiger partial charge in [0.05, 0.1) is 30.2 Å². The number of aromatic nitrogens is 4. The van der Waals surface area contributed by atoms with E-state index in [1.54, 1.807) is 41.5 Å². The van der Waals surface area contributed by atoms with Crippen molar-refractivity contribution in [1.29, 1.82) is 0 Å². The second-order valence-corrected chi connectivity index (χ2v) is 14.5. The molecular formula is C30H46FN5O6. The summed E-state index contributed by atoms with van der Waals surface area (Å²) in [4.78, 5) is 40.2. The third kappa shape index (κ3) is 8.03. The summed E-state index contributed by atoms with van der Waals surface area (Å²) in [6.45, 7) is 25.9. The molecule has 1 aliphatic carbocycles. The van der Waals surface area contributed by atoms with Gasteiger partial charge in [0.1, 0.15) is 23.6 Å². The third-order valence-corrected chi connectivity index (χ3v) is 6.06. The molecule has 12 heteroatoms. The molecule has 3 rings (SSSR count). The number of hydrogen-bond acceptors (Lipinski definition) is 9. The molecule has 2 aromatic heterocycles. The Morgan fingerprint density at radius 3 is 1.90 bits per heavy atom. The van der Waals surface area contributed by atoms with Crippen LogP contribution in [-0.4, -0.2) is 73.0 Å². The number of carbonyl (C=O) groups is 2. The van der Waals surface area contributed by atoms with E-state index in [0.717, 1.165) is 0 Å². The number of alkyl halides is 1. The second-order valence-electron chi connectivity index (χ2n) is 14.5. The largest absolute Gasteiger partial charge is 0.443 e. The highest BCUT2D eigenvalue weighted by atomic mass is 19.1. The average Bonchev–Trinajstić information content (AvgIpc) is 3.27. The van der Waals surface area contributed by atoms with Gasteiger partial charge in [0.2, 0.25) is 0 Å². The van der Waals surface area contributed by atoms with Crippen LogP contribution in [0.15, 0.2) is 24.8 Å². The van der Waals surface area contributed by atoms with E-state index in [4.69, 9.17) is 18.9 Å². The highest BCUT2D eigenvalue weighted by Gasteiger charge is 2.50. The summed E-state index contributed by atoms with van der Waals surface area (Å²) in [5, 5.41) is 0. The van der Waals surface area contributed by atoms with Gasteiger partial charge in [-0.3, -0.25) is 0 Å². The molecule has 0 saturated heterocycles. The van der Waals surface area contributed by atoms with E-state index in [1.807, 2.05) is 41.5 Å². The van der Waals surface area contributed by atoms with E-state index in [1.165, 1.54) is 17.2 Å². The zero-order chi connectivity index (χ0) is 32.0. The first kappa shape index (κ1) is 33.4. The third-order valence-electron chi connectivity index (χ3n) is 6.06. The summed E-state index contributed by atoms with van der Waals surface area (Å²) in [5.74, 6) is -0.612. The van der Waals surface area contributed by atoms with Crippen molar-refractivity contribution in [2.75, 3.05) is 11.5 Å². The Morgan fingerprint density at radius 2 is 1.43 bits per heavy atom. The molecule has 1 fully saturated rings. The molecular weight excluding hydrogens is 545 g/mol. The van der Waals surface area contributed by atoms with Crippen LogP contribution < -0.4 is 4.90 Å². The average molecular weight is 592 g/mol. The molecule has 1 saturated carbocycles. The van der Waals surface area contributed by atoms with Gasteiger partial charge in [0, 0.05) is 5.92 Å². The lowest BCUT2D eigenvalue weighted by molar-refractivity contribution is -0.118. The molecule has 4 atom stereocenters. The SMILES string of the molecule is C=C1[C@@H](n2cnc3c(N(C(=O)OC(C)(C)C)C(=O)OC(C)(C)C)ncnc32)C(F)[C@H](OC(C)(C)C)[C@H]1COC(C)(C)C. The van der Waals surface area contributed by atoms with E-state index in [9.17, 15) is 9.59 Å². The molecule has 2 amide bonds. The fraction of sp³-hybridized carbons (Fsp3) is 0.700. The quantitative estimate of drug-likeness (QED) is 0.356. The van der Waals surface area contributed by atoms with Crippen molar-refractivity contribution < 1.29 is 32.9 Å². The lowest BCUT2D eigenvalue weighted by Gasteiger charge is -2.31. The summed E-state index contributed by atoms with van der Waals surface area (Å²) in [6, 6.07) is -0.907. The maximum absolute atomic E-state index is 16.4. The number of hydrogen-bond donors (Lipinski definition) is 0. The van der Waals surface area contributed by atoms with Crippen LogP contribution in [0.3, 0.4) is 0 Å². The van der Waals surface area contributed by atoms with Gasteiger partial charge in [-0.25, -0.2) is 28.9 Å². The van der Waals surface area contributed by atoms with E-state index < -0.39 is 58.8 Å². The Labute approximate surface area is 247 Å². The standard InChI is InChI=1S/C30H46FN5O6/c1-17-18(14-39-27(2,3)4)22(40-28(5,6)7)19(31)21(17)35-16-34-20-23(35)32-15-33-24(20)36(25(37)41-29(8,9)10)26(38)42-30(11,12)13/h15-16,18-19,21-22H,1,14H2,2-13H3/t18-,19?,21+,22+/m0/s1. The van der Waals surface area contributed by atoms with Gasteiger partial charge in [-0.2, -0.15) is 4.90 Å². The van der Waals surface area contributed by atoms with Gasteiger partial charge < -0.3 is 23.5 Å². The maximum Gasteiger partial charge on any atom is 0.425 e. The number of nitrogens with zero attached hydrogens (tertiary/aromatic N) is 5. The first-order valence-corrected chi connectivity index (χ1v) is 14.1. The first-order valence-electron chi connectivity index (χ1n) is 14.1. The van der Waals surface area contributed by atoms with Crippen molar-refractivity contribution in [2.24, 2.45) is 5.92 Å². The van der Waals surface area contributed by atoms with Crippen LogP contribution in [0.25, 0.3) is 11.2 Å². The molecule has 0 bridgehead atoms. The minimum absolute atomic E-state index is 0.0805. The number of ether oxygens (including phenoxy) is 4. The van der Waals surface area contributed by atoms with Crippen LogP contribution >= 0.6 is 0 Å². The Kier molecular flexibility index (Phi) is 9.16. The predicted molar refractivity (Wildman–Crippen MR) is 157 cm³/mol. The molecule has 1 aliphatic rings. The molecule has 0 spiro atoms. The Balaban J connectivity index is 2.11. The number of rotatable bonds is 5. The molecule has 42 heavy (non-hydrogen) atoms. The molecule has 0 aliphatic heterocycles. The van der Waals surface area contributed by atoms with Crippen LogP contribution in [0.5, 0.6) is 0 Å². The molecule has 0 aromatic carbocycles. The number of imidazole rings is 1.